The van der Waals surface area contributed by atoms with E-state index >= 15 is 0 Å². The molecule has 6 heterocycles. The van der Waals surface area contributed by atoms with Crippen LogP contribution in [0.1, 0.15) is 45.1 Å². The van der Waals surface area contributed by atoms with Gasteiger partial charge in [0.15, 0.2) is 11.2 Å². The van der Waals surface area contributed by atoms with Crippen LogP contribution in [0.3, 0.4) is 0 Å². The topological polar surface area (TPSA) is 118 Å². The van der Waals surface area contributed by atoms with Crippen molar-refractivity contribution in [2.24, 2.45) is 0 Å². The number of likely N-dealkylation sites (tertiary alicyclic amines) is 1. The fourth-order valence-corrected chi connectivity index (χ4v) is 6.41. The number of hydrogen-bond donors (Lipinski definition) is 1. The second kappa shape index (κ2) is 13.3. The quantitative estimate of drug-likeness (QED) is 0.198. The van der Waals surface area contributed by atoms with E-state index in [1.165, 1.54) is 5.56 Å². The molecule has 0 spiro atoms. The van der Waals surface area contributed by atoms with Gasteiger partial charge in [0.2, 0.25) is 11.3 Å². The summed E-state index contributed by atoms with van der Waals surface area (Å²) in [6.45, 7) is 9.67. The number of hydrazine groups is 1. The normalized spacial score (nSPS) is 16.8. The van der Waals surface area contributed by atoms with Gasteiger partial charge in [-0.3, -0.25) is 4.90 Å². The lowest BCUT2D eigenvalue weighted by atomic mass is 10.0. The molecule has 0 saturated carbocycles. The van der Waals surface area contributed by atoms with Crippen LogP contribution in [0, 0.1) is 0 Å². The van der Waals surface area contributed by atoms with Crippen LogP contribution in [0.4, 0.5) is 12.0 Å². The van der Waals surface area contributed by atoms with Crippen LogP contribution in [0.5, 0.6) is 11.5 Å². The van der Waals surface area contributed by atoms with Crippen molar-refractivity contribution >= 4 is 34.5 Å². The van der Waals surface area contributed by atoms with Crippen LogP contribution < -0.4 is 24.8 Å². The lowest BCUT2D eigenvalue weighted by Crippen LogP contribution is -2.59. The minimum Gasteiger partial charge on any atom is -0.494 e. The average molecular weight is 613 g/mol. The largest absolute Gasteiger partial charge is 0.494 e. The molecule has 0 bridgehead atoms. The summed E-state index contributed by atoms with van der Waals surface area (Å²) in [7, 11) is 0. The van der Waals surface area contributed by atoms with Crippen LogP contribution in [-0.2, 0) is 6.54 Å². The minimum absolute atomic E-state index is 0.0981. The standard InChI is InChI=1S/C33H40N8O4/c1-3-42-26-19-23(20-27(21-26)43-4-2)22-39-17-11-25(12-18-39)41(33-38-31-29(45-33)8-6-14-36-31)40(24-9-15-34-16-10-24)32-37-30-28(44-32)7-5-13-35-30/h5-8,13-14,19-21,24-25,34H,3-4,9-12,15-18,22H2,1-2H3. The van der Waals surface area contributed by atoms with Gasteiger partial charge in [0.1, 0.15) is 11.5 Å². The summed E-state index contributed by atoms with van der Waals surface area (Å²) in [6.07, 6.45) is 7.14. The second-order valence-corrected chi connectivity index (χ2v) is 11.5. The van der Waals surface area contributed by atoms with Crippen molar-refractivity contribution < 1.29 is 18.3 Å². The molecule has 2 fully saturated rings. The van der Waals surface area contributed by atoms with Gasteiger partial charge in [0.25, 0.3) is 0 Å². The molecular formula is C33H40N8O4. The maximum Gasteiger partial charge on any atom is 0.319 e. The average Bonchev–Trinajstić information content (AvgIpc) is 3.69. The lowest BCUT2D eigenvalue weighted by Gasteiger charge is -2.46. The summed E-state index contributed by atoms with van der Waals surface area (Å²) >= 11 is 0. The number of ether oxygens (including phenoxy) is 2. The fourth-order valence-electron chi connectivity index (χ4n) is 6.41. The van der Waals surface area contributed by atoms with Gasteiger partial charge in [-0.15, -0.1) is 0 Å². The zero-order chi connectivity index (χ0) is 30.6. The van der Waals surface area contributed by atoms with Crippen LogP contribution in [0.25, 0.3) is 22.5 Å². The molecule has 12 heteroatoms. The zero-order valence-corrected chi connectivity index (χ0v) is 25.9. The van der Waals surface area contributed by atoms with Gasteiger partial charge < -0.3 is 23.6 Å². The molecule has 5 aromatic rings. The summed E-state index contributed by atoms with van der Waals surface area (Å²) in [5.41, 5.74) is 3.65. The van der Waals surface area contributed by atoms with Gasteiger partial charge in [-0.25, -0.2) is 20.0 Å². The number of benzene rings is 1. The lowest BCUT2D eigenvalue weighted by molar-refractivity contribution is 0.193. The number of aromatic nitrogens is 4. The summed E-state index contributed by atoms with van der Waals surface area (Å²) < 4.78 is 24.5. The number of oxazole rings is 2. The van der Waals surface area contributed by atoms with Crippen molar-refractivity contribution in [3.8, 4) is 11.5 Å². The molecule has 2 saturated heterocycles. The number of pyridine rings is 2. The van der Waals surface area contributed by atoms with Gasteiger partial charge in [-0.05, 0) is 94.6 Å². The first-order valence-corrected chi connectivity index (χ1v) is 16.0. The van der Waals surface area contributed by atoms with Crippen LogP contribution in [0.2, 0.25) is 0 Å². The van der Waals surface area contributed by atoms with E-state index in [0.29, 0.717) is 47.7 Å². The summed E-state index contributed by atoms with van der Waals surface area (Å²) in [4.78, 5) is 21.2. The fraction of sp³-hybridized carbons (Fsp3) is 0.455. The van der Waals surface area contributed by atoms with E-state index in [2.05, 4.69) is 42.3 Å². The highest BCUT2D eigenvalue weighted by atomic mass is 16.5. The molecule has 1 aromatic carbocycles. The molecule has 236 valence electrons. The molecule has 2 aliphatic rings. The SMILES string of the molecule is CCOc1cc(CN2CCC(N(c3nc4ncccc4o3)N(c3nc4ncccc4o3)C3CCNCC3)CC2)cc(OCC)c1. The van der Waals surface area contributed by atoms with Gasteiger partial charge in [0.05, 0.1) is 25.3 Å². The number of piperidine rings is 2. The summed E-state index contributed by atoms with van der Waals surface area (Å²) in [6, 6.07) is 15.0. The molecule has 2 aliphatic heterocycles. The van der Waals surface area contributed by atoms with E-state index in [1.54, 1.807) is 12.4 Å². The van der Waals surface area contributed by atoms with Crippen LogP contribution in [0.15, 0.2) is 63.7 Å². The maximum absolute atomic E-state index is 6.41. The first kappa shape index (κ1) is 29.3. The first-order chi connectivity index (χ1) is 22.2. The Morgan fingerprint density at radius 3 is 1.82 bits per heavy atom. The van der Waals surface area contributed by atoms with Crippen molar-refractivity contribution in [2.45, 2.75) is 58.2 Å². The molecule has 45 heavy (non-hydrogen) atoms. The Labute approximate surface area is 262 Å². The van der Waals surface area contributed by atoms with Crippen molar-refractivity contribution in [1.29, 1.82) is 0 Å². The Kier molecular flexibility index (Phi) is 8.65. The Morgan fingerprint density at radius 1 is 0.778 bits per heavy atom. The van der Waals surface area contributed by atoms with E-state index < -0.39 is 0 Å². The van der Waals surface area contributed by atoms with E-state index in [1.807, 2.05) is 44.2 Å². The first-order valence-electron chi connectivity index (χ1n) is 16.0. The van der Waals surface area contributed by atoms with Crippen molar-refractivity contribution in [2.75, 3.05) is 49.4 Å². The zero-order valence-electron chi connectivity index (χ0n) is 25.9. The second-order valence-electron chi connectivity index (χ2n) is 11.5. The van der Waals surface area contributed by atoms with E-state index in [0.717, 1.165) is 69.9 Å². The molecule has 1 N–H and O–H groups in total. The molecule has 7 rings (SSSR count). The predicted octanol–water partition coefficient (Wildman–Crippen LogP) is 5.20. The molecule has 0 atom stereocenters. The minimum atomic E-state index is 0.0981. The number of rotatable bonds is 11. The number of nitrogens with one attached hydrogen (secondary N) is 1. The highest BCUT2D eigenvalue weighted by Gasteiger charge is 2.39. The maximum atomic E-state index is 6.41. The number of fused-ring (bicyclic) bond motifs is 2. The highest BCUT2D eigenvalue weighted by Crippen LogP contribution is 2.35. The molecule has 4 aromatic heterocycles. The number of anilines is 2. The van der Waals surface area contributed by atoms with Crippen LogP contribution in [-0.4, -0.2) is 76.3 Å². The summed E-state index contributed by atoms with van der Waals surface area (Å²) in [5, 5.41) is 7.88. The molecule has 12 nitrogen and oxygen atoms in total. The van der Waals surface area contributed by atoms with Gasteiger partial charge in [-0.1, -0.05) is 0 Å². The van der Waals surface area contributed by atoms with E-state index in [4.69, 9.17) is 28.3 Å². The third kappa shape index (κ3) is 6.38. The Hall–Kier alpha value is -4.42. The Bertz CT molecular complexity index is 1620. The van der Waals surface area contributed by atoms with Crippen LogP contribution >= 0.6 is 0 Å². The molecule has 0 aliphatic carbocycles. The predicted molar refractivity (Wildman–Crippen MR) is 172 cm³/mol. The van der Waals surface area contributed by atoms with Crippen molar-refractivity contribution in [3.05, 3.63) is 60.4 Å². The Morgan fingerprint density at radius 2 is 1.31 bits per heavy atom. The number of hydrogen-bond acceptors (Lipinski definition) is 12. The third-order valence-electron chi connectivity index (χ3n) is 8.46. The third-order valence-corrected chi connectivity index (χ3v) is 8.46. The van der Waals surface area contributed by atoms with Crippen molar-refractivity contribution in [1.82, 2.24) is 30.2 Å². The molecular weight excluding hydrogens is 572 g/mol. The van der Waals surface area contributed by atoms with Gasteiger partial charge >= 0.3 is 12.0 Å². The highest BCUT2D eigenvalue weighted by molar-refractivity contribution is 5.72. The molecule has 0 amide bonds. The van der Waals surface area contributed by atoms with E-state index in [-0.39, 0.29) is 12.1 Å². The van der Waals surface area contributed by atoms with Gasteiger partial charge in [0, 0.05) is 38.1 Å². The smallest absolute Gasteiger partial charge is 0.319 e. The number of nitrogens with zero attached hydrogens (tertiary/aromatic N) is 7. The molecule has 0 unspecified atom stereocenters. The van der Waals surface area contributed by atoms with Gasteiger partial charge in [-0.2, -0.15) is 9.97 Å². The molecule has 0 radical (unpaired) electrons. The van der Waals surface area contributed by atoms with E-state index in [9.17, 15) is 0 Å². The van der Waals surface area contributed by atoms with Crippen molar-refractivity contribution in [3.63, 3.8) is 0 Å². The monoisotopic (exact) mass is 612 g/mol. The summed E-state index contributed by atoms with van der Waals surface area (Å²) in [5.74, 6) is 1.68. The Balaban J connectivity index is 1.20.